The molecule has 360 valence electrons. The Balaban J connectivity index is 0.000000152. The van der Waals surface area contributed by atoms with Gasteiger partial charge in [-0.1, -0.05) is 70.7 Å². The maximum atomic E-state index is 15.3. The number of rotatable bonds is 8. The number of ether oxygens (including phenoxy) is 4. The van der Waals surface area contributed by atoms with E-state index in [0.29, 0.717) is 49.8 Å². The van der Waals surface area contributed by atoms with E-state index < -0.39 is 11.6 Å². The first-order valence-corrected chi connectivity index (χ1v) is 24.2. The van der Waals surface area contributed by atoms with Gasteiger partial charge in [0.1, 0.15) is 76.5 Å². The molecular weight excluding hydrogens is 979 g/mol. The third kappa shape index (κ3) is 8.37. The van der Waals surface area contributed by atoms with Crippen LogP contribution in [0.25, 0.3) is 43.9 Å². The van der Waals surface area contributed by atoms with Crippen molar-refractivity contribution < 1.29 is 23.3 Å². The molecule has 0 saturated carbocycles. The number of nitrogen functional groups attached to an aromatic ring is 3. The second-order valence-corrected chi connectivity index (χ2v) is 20.4. The molecule has 0 bridgehead atoms. The molecule has 20 heteroatoms. The van der Waals surface area contributed by atoms with Gasteiger partial charge in [0.2, 0.25) is 0 Å². The topological polar surface area (TPSA) is 202 Å². The summed E-state index contributed by atoms with van der Waals surface area (Å²) in [5.74, 6) is -0.974. The van der Waals surface area contributed by atoms with Gasteiger partial charge in [0.05, 0.1) is 43.4 Å². The molecular formula is C50H46Cl4FN11O4. The van der Waals surface area contributed by atoms with Crippen LogP contribution in [0.1, 0.15) is 63.7 Å². The number of aromatic nitrogens is 8. The number of aryl methyl sites for hydroxylation is 2. The van der Waals surface area contributed by atoms with Crippen molar-refractivity contribution in [3.05, 3.63) is 134 Å². The van der Waals surface area contributed by atoms with Gasteiger partial charge in [-0.3, -0.25) is 0 Å². The third-order valence-electron chi connectivity index (χ3n) is 13.4. The first-order chi connectivity index (χ1) is 33.4. The van der Waals surface area contributed by atoms with Crippen molar-refractivity contribution in [3.63, 3.8) is 0 Å². The molecule has 2 saturated heterocycles. The minimum Gasteiger partial charge on any atom is -0.383 e. The summed E-state index contributed by atoms with van der Waals surface area (Å²) in [7, 11) is 0. The smallest absolute Gasteiger partial charge is 0.164 e. The molecule has 0 spiro atoms. The largest absolute Gasteiger partial charge is 0.383 e. The van der Waals surface area contributed by atoms with Gasteiger partial charge in [0.15, 0.2) is 17.4 Å². The van der Waals surface area contributed by atoms with Crippen LogP contribution < -0.4 is 17.2 Å². The predicted octanol–water partition coefficient (Wildman–Crippen LogP) is 10.7. The molecule has 6 N–H and O–H groups in total. The van der Waals surface area contributed by atoms with Gasteiger partial charge in [-0.25, -0.2) is 34.3 Å². The van der Waals surface area contributed by atoms with Crippen LogP contribution in [0.5, 0.6) is 0 Å². The summed E-state index contributed by atoms with van der Waals surface area (Å²) in [4.78, 5) is 25.6. The first kappa shape index (κ1) is 46.7. The lowest BCUT2D eigenvalue weighted by atomic mass is 10.0. The molecule has 0 unspecified atom stereocenters. The van der Waals surface area contributed by atoms with E-state index in [1.165, 1.54) is 18.2 Å². The Hall–Kier alpha value is -5.69. The summed E-state index contributed by atoms with van der Waals surface area (Å²) in [6.07, 6.45) is 13.0. The first-order valence-electron chi connectivity index (χ1n) is 22.7. The van der Waals surface area contributed by atoms with Gasteiger partial charge in [-0.15, -0.1) is 0 Å². The second-order valence-electron chi connectivity index (χ2n) is 18.8. The Bertz CT molecular complexity index is 3490. The van der Waals surface area contributed by atoms with Crippen LogP contribution in [-0.2, 0) is 31.8 Å². The quantitative estimate of drug-likeness (QED) is 0.0959. The Kier molecular flexibility index (Phi) is 11.7. The number of hydrogen-bond acceptors (Lipinski definition) is 13. The van der Waals surface area contributed by atoms with Crippen LogP contribution in [0.2, 0.25) is 20.2 Å². The highest BCUT2D eigenvalue weighted by molar-refractivity contribution is 6.37. The number of halogens is 5. The van der Waals surface area contributed by atoms with Crippen LogP contribution in [-0.4, -0.2) is 75.0 Å². The molecule has 2 aliphatic heterocycles. The highest BCUT2D eigenvalue weighted by Crippen LogP contribution is 2.47. The predicted molar refractivity (Wildman–Crippen MR) is 270 cm³/mol. The number of pyridine rings is 2. The zero-order valence-corrected chi connectivity index (χ0v) is 41.2. The summed E-state index contributed by atoms with van der Waals surface area (Å²) in [6, 6.07) is 14.5. The van der Waals surface area contributed by atoms with Crippen molar-refractivity contribution in [3.8, 4) is 0 Å². The number of fused-ring (bicyclic) bond motifs is 6. The van der Waals surface area contributed by atoms with Crippen LogP contribution >= 0.6 is 46.4 Å². The number of nitrogens with zero attached hydrogens (tertiary/aromatic N) is 8. The lowest BCUT2D eigenvalue weighted by Gasteiger charge is -2.22. The monoisotopic (exact) mass is 1020 g/mol. The molecule has 70 heavy (non-hydrogen) atoms. The van der Waals surface area contributed by atoms with Crippen molar-refractivity contribution in [2.75, 3.05) is 17.2 Å². The zero-order chi connectivity index (χ0) is 49.0. The normalized spacial score (nSPS) is 23.2. The molecule has 0 radical (unpaired) electrons. The molecule has 8 heterocycles. The molecule has 2 aromatic carbocycles. The lowest BCUT2D eigenvalue weighted by molar-refractivity contribution is -0.148. The molecule has 0 amide bonds. The SMILES string of the molecule is CC1(C)O[C@@H]2[C@H](O1)C(CCc1cc(Cl)c3cc(Cl)c(N)nc3c1)=C[C@H]2n1ccc2c(Cl)ncnc21.CC1(C)O[C@@H]2[C@H](O1)C(CCc1ccc3cc(Cl)c(N)nc3c1F)=C[C@H]2n1ccc2c(N)ncnc21. The zero-order valence-electron chi connectivity index (χ0n) is 38.2. The lowest BCUT2D eigenvalue weighted by Crippen LogP contribution is -2.27. The van der Waals surface area contributed by atoms with E-state index in [4.69, 9.17) is 82.6 Å². The van der Waals surface area contributed by atoms with Gasteiger partial charge in [0.25, 0.3) is 0 Å². The summed E-state index contributed by atoms with van der Waals surface area (Å²) >= 11 is 25.0. The van der Waals surface area contributed by atoms with Crippen molar-refractivity contribution in [2.24, 2.45) is 0 Å². The minimum atomic E-state index is -0.737. The van der Waals surface area contributed by atoms with Crippen molar-refractivity contribution in [1.29, 1.82) is 0 Å². The van der Waals surface area contributed by atoms with E-state index in [2.05, 4.69) is 46.6 Å². The molecule has 15 nitrogen and oxygen atoms in total. The van der Waals surface area contributed by atoms with Crippen LogP contribution in [0, 0.1) is 5.82 Å². The maximum absolute atomic E-state index is 15.3. The van der Waals surface area contributed by atoms with Gasteiger partial charge < -0.3 is 45.3 Å². The molecule has 2 aliphatic carbocycles. The van der Waals surface area contributed by atoms with Crippen molar-refractivity contribution in [1.82, 2.24) is 39.0 Å². The number of anilines is 3. The Morgan fingerprint density at radius 3 is 1.86 bits per heavy atom. The van der Waals surface area contributed by atoms with E-state index in [1.54, 1.807) is 18.2 Å². The van der Waals surface area contributed by atoms with Crippen LogP contribution in [0.4, 0.5) is 21.8 Å². The Morgan fingerprint density at radius 1 is 0.600 bits per heavy atom. The number of benzene rings is 2. The average Bonchev–Trinajstić information content (AvgIpc) is 4.16. The van der Waals surface area contributed by atoms with Gasteiger partial charge >= 0.3 is 0 Å². The van der Waals surface area contributed by atoms with E-state index in [0.717, 1.165) is 56.9 Å². The third-order valence-corrected chi connectivity index (χ3v) is 14.6. The highest BCUT2D eigenvalue weighted by atomic mass is 35.5. The molecule has 6 atom stereocenters. The van der Waals surface area contributed by atoms with Crippen molar-refractivity contribution >= 4 is 108 Å². The van der Waals surface area contributed by atoms with Gasteiger partial charge in [0, 0.05) is 23.2 Å². The highest BCUT2D eigenvalue weighted by Gasteiger charge is 2.52. The average molecular weight is 1030 g/mol. The summed E-state index contributed by atoms with van der Waals surface area (Å²) in [5, 5.41) is 4.72. The Labute approximate surface area is 420 Å². The van der Waals surface area contributed by atoms with E-state index >= 15 is 4.39 Å². The standard InChI is InChI=1S/C25H22Cl3N5O2.C25H24ClFN6O2/c1-25(2)34-20-13(4-3-12-7-16(26)15-10-17(27)23(29)32-18(15)8-12)9-19(21(20)35-25)33-6-5-14-22(28)30-11-31-24(14)33;1-25(2)34-20-14(6-4-12-3-5-13-9-16(26)23(29)32-19(13)18(12)27)10-17(21(20)35-25)33-8-7-15-22(28)30-11-31-24(15)33/h5-11,19-21H,3-4H2,1-2H3,(H2,29,32);3,5,7-11,17,20-21H,4,6H2,1-2H3,(H2,29,32)(H2,28,30,31)/t19-,20-,21+;17-,20-,21+/m11/s1. The molecule has 8 aromatic rings. The number of hydrogen-bond donors (Lipinski definition) is 3. The van der Waals surface area contributed by atoms with E-state index in [1.807, 2.05) is 75.0 Å². The fourth-order valence-corrected chi connectivity index (χ4v) is 11.0. The molecule has 4 aliphatic rings. The second kappa shape index (κ2) is 17.6. The van der Waals surface area contributed by atoms with E-state index in [9.17, 15) is 0 Å². The summed E-state index contributed by atoms with van der Waals surface area (Å²) in [5.41, 5.74) is 24.0. The van der Waals surface area contributed by atoms with Gasteiger partial charge in [-0.05, 0) is 112 Å². The molecule has 6 aromatic heterocycles. The fourth-order valence-electron chi connectivity index (χ4n) is 10.2. The number of nitrogens with two attached hydrogens (primary N) is 3. The maximum Gasteiger partial charge on any atom is 0.164 e. The van der Waals surface area contributed by atoms with Crippen LogP contribution in [0.3, 0.4) is 0 Å². The summed E-state index contributed by atoms with van der Waals surface area (Å²) in [6.45, 7) is 7.69. The van der Waals surface area contributed by atoms with E-state index in [-0.39, 0.29) is 59.5 Å². The summed E-state index contributed by atoms with van der Waals surface area (Å²) < 4.78 is 44.6. The fraction of sp³-hybridized carbons (Fsp3) is 0.320. The molecule has 12 rings (SSSR count). The molecule has 2 fully saturated rings. The minimum absolute atomic E-state index is 0.0796. The van der Waals surface area contributed by atoms with Gasteiger partial charge in [-0.2, -0.15) is 0 Å². The van der Waals surface area contributed by atoms with Crippen LogP contribution in [0.15, 0.2) is 96.9 Å². The Morgan fingerprint density at radius 2 is 1.19 bits per heavy atom. The van der Waals surface area contributed by atoms with Crippen molar-refractivity contribution in [2.45, 2.75) is 101 Å².